The summed E-state index contributed by atoms with van der Waals surface area (Å²) in [7, 11) is 0. The second-order valence-electron chi connectivity index (χ2n) is 3.48. The summed E-state index contributed by atoms with van der Waals surface area (Å²) in [6.07, 6.45) is 4.11. The fourth-order valence-electron chi connectivity index (χ4n) is 1.39. The summed E-state index contributed by atoms with van der Waals surface area (Å²) in [5.41, 5.74) is 6.18. The highest BCUT2D eigenvalue weighted by molar-refractivity contribution is 7.99. The second-order valence-corrected chi connectivity index (χ2v) is 4.49. The van der Waals surface area contributed by atoms with E-state index < -0.39 is 0 Å². The Hall–Kier alpha value is -1.76. The fraction of sp³-hybridized carbons (Fsp3) is 0.300. The minimum atomic E-state index is -0.193. The highest BCUT2D eigenvalue weighted by atomic mass is 32.2. The predicted octanol–water partition coefficient (Wildman–Crippen LogP) is 1.11. The van der Waals surface area contributed by atoms with E-state index in [1.54, 1.807) is 23.0 Å². The average Bonchev–Trinajstić information content (AvgIpc) is 2.65. The van der Waals surface area contributed by atoms with Crippen LogP contribution in [0.4, 0.5) is 5.69 Å². The molecule has 2 aromatic rings. The summed E-state index contributed by atoms with van der Waals surface area (Å²) in [4.78, 5) is 16.3. The normalized spacial score (nSPS) is 10.6. The van der Waals surface area contributed by atoms with Crippen LogP contribution in [-0.2, 0) is 6.54 Å². The molecule has 90 valence electrons. The predicted molar refractivity (Wildman–Crippen MR) is 65.9 cm³/mol. The van der Waals surface area contributed by atoms with Gasteiger partial charge in [0.25, 0.3) is 0 Å². The van der Waals surface area contributed by atoms with E-state index in [1.165, 1.54) is 11.8 Å². The molecule has 0 unspecified atom stereocenters. The van der Waals surface area contributed by atoms with E-state index in [1.807, 2.05) is 6.92 Å². The number of nitrogens with one attached hydrogen (secondary N) is 1. The third-order valence-corrected chi connectivity index (χ3v) is 3.27. The third kappa shape index (κ3) is 2.50. The topological polar surface area (TPSA) is 89.6 Å². The monoisotopic (exact) mass is 251 g/mol. The van der Waals surface area contributed by atoms with Crippen LogP contribution in [0, 0.1) is 0 Å². The third-order valence-electron chi connectivity index (χ3n) is 2.18. The Bertz CT molecular complexity index is 562. The molecule has 0 amide bonds. The summed E-state index contributed by atoms with van der Waals surface area (Å²) < 4.78 is 1.60. The lowest BCUT2D eigenvalue weighted by Crippen LogP contribution is -2.17. The van der Waals surface area contributed by atoms with Gasteiger partial charge in [0.15, 0.2) is 5.16 Å². The summed E-state index contributed by atoms with van der Waals surface area (Å²) in [5, 5.41) is 7.05. The Balaban J connectivity index is 2.30. The first kappa shape index (κ1) is 11.7. The van der Waals surface area contributed by atoms with Gasteiger partial charge in [0, 0.05) is 17.6 Å². The van der Waals surface area contributed by atoms with Crippen molar-refractivity contribution in [2.45, 2.75) is 29.9 Å². The van der Waals surface area contributed by atoms with Crippen LogP contribution in [0.1, 0.15) is 13.3 Å². The summed E-state index contributed by atoms with van der Waals surface area (Å²) in [6.45, 7) is 2.65. The zero-order valence-corrected chi connectivity index (χ0v) is 10.2. The van der Waals surface area contributed by atoms with Crippen molar-refractivity contribution < 1.29 is 0 Å². The van der Waals surface area contributed by atoms with E-state index in [9.17, 15) is 4.79 Å². The van der Waals surface area contributed by atoms with Gasteiger partial charge in [-0.2, -0.15) is 0 Å². The van der Waals surface area contributed by atoms with Crippen LogP contribution in [0.3, 0.4) is 0 Å². The number of nitrogen functional groups attached to an aromatic ring is 1. The minimum absolute atomic E-state index is 0.193. The molecule has 0 bridgehead atoms. The van der Waals surface area contributed by atoms with Crippen molar-refractivity contribution in [3.05, 3.63) is 28.9 Å². The molecule has 0 radical (unpaired) electrons. The van der Waals surface area contributed by atoms with Crippen molar-refractivity contribution in [3.8, 4) is 0 Å². The molecule has 2 rings (SSSR count). The Morgan fingerprint density at radius 2 is 2.41 bits per heavy atom. The van der Waals surface area contributed by atoms with Gasteiger partial charge in [0.2, 0.25) is 0 Å². The van der Waals surface area contributed by atoms with Gasteiger partial charge in [0.1, 0.15) is 0 Å². The molecule has 2 heterocycles. The van der Waals surface area contributed by atoms with E-state index in [4.69, 9.17) is 5.73 Å². The van der Waals surface area contributed by atoms with E-state index >= 15 is 0 Å². The smallest absolute Gasteiger partial charge is 0.343 e. The van der Waals surface area contributed by atoms with Gasteiger partial charge >= 0.3 is 5.69 Å². The number of anilines is 1. The quantitative estimate of drug-likeness (QED) is 0.849. The molecule has 0 aliphatic rings. The van der Waals surface area contributed by atoms with Gasteiger partial charge in [-0.15, -0.1) is 5.10 Å². The molecule has 0 spiro atoms. The molecule has 0 aliphatic heterocycles. The van der Waals surface area contributed by atoms with Gasteiger partial charge < -0.3 is 5.73 Å². The molecule has 0 saturated carbocycles. The van der Waals surface area contributed by atoms with Crippen LogP contribution in [0.5, 0.6) is 0 Å². The number of hydrogen-bond acceptors (Lipinski definition) is 5. The molecule has 0 fully saturated rings. The molecule has 7 heteroatoms. The zero-order valence-electron chi connectivity index (χ0n) is 9.38. The molecule has 0 aromatic carbocycles. The number of pyridine rings is 1. The maximum atomic E-state index is 11.5. The van der Waals surface area contributed by atoms with E-state index in [-0.39, 0.29) is 5.69 Å². The van der Waals surface area contributed by atoms with Gasteiger partial charge in [-0.25, -0.2) is 9.89 Å². The van der Waals surface area contributed by atoms with Crippen LogP contribution in [0.25, 0.3) is 0 Å². The Kier molecular flexibility index (Phi) is 3.48. The van der Waals surface area contributed by atoms with Crippen molar-refractivity contribution in [2.75, 3.05) is 5.73 Å². The standard InChI is InChI=1S/C10H13N5OS/c1-2-5-15-9(16)13-14-10(15)17-8-3-4-12-6-7(8)11/h3-4,6H,2,5,11H2,1H3,(H,13,16). The van der Waals surface area contributed by atoms with E-state index in [0.717, 1.165) is 11.3 Å². The number of aromatic nitrogens is 4. The Morgan fingerprint density at radius 3 is 3.12 bits per heavy atom. The molecule has 0 atom stereocenters. The molecule has 17 heavy (non-hydrogen) atoms. The highest BCUT2D eigenvalue weighted by Crippen LogP contribution is 2.29. The van der Waals surface area contributed by atoms with E-state index in [0.29, 0.717) is 17.4 Å². The average molecular weight is 251 g/mol. The molecular weight excluding hydrogens is 238 g/mol. The number of nitrogens with two attached hydrogens (primary N) is 1. The van der Waals surface area contributed by atoms with Crippen molar-refractivity contribution in [1.29, 1.82) is 0 Å². The Morgan fingerprint density at radius 1 is 1.59 bits per heavy atom. The lowest BCUT2D eigenvalue weighted by atomic mass is 10.4. The first-order valence-corrected chi connectivity index (χ1v) is 6.06. The van der Waals surface area contributed by atoms with Crippen molar-refractivity contribution in [1.82, 2.24) is 19.7 Å². The molecule has 0 saturated heterocycles. The van der Waals surface area contributed by atoms with Crippen molar-refractivity contribution in [3.63, 3.8) is 0 Å². The lowest BCUT2D eigenvalue weighted by Gasteiger charge is -2.05. The van der Waals surface area contributed by atoms with Crippen LogP contribution in [0.2, 0.25) is 0 Å². The van der Waals surface area contributed by atoms with Gasteiger partial charge in [-0.1, -0.05) is 6.92 Å². The Labute approximate surface area is 102 Å². The van der Waals surface area contributed by atoms with Gasteiger partial charge in [-0.05, 0) is 24.2 Å². The second kappa shape index (κ2) is 5.05. The first-order chi connectivity index (χ1) is 8.22. The molecule has 2 aromatic heterocycles. The lowest BCUT2D eigenvalue weighted by molar-refractivity contribution is 0.604. The van der Waals surface area contributed by atoms with E-state index in [2.05, 4.69) is 15.2 Å². The number of hydrogen-bond donors (Lipinski definition) is 2. The number of aromatic amines is 1. The van der Waals surface area contributed by atoms with Crippen molar-refractivity contribution in [2.24, 2.45) is 0 Å². The van der Waals surface area contributed by atoms with Gasteiger partial charge in [0.05, 0.1) is 11.9 Å². The van der Waals surface area contributed by atoms with Crippen LogP contribution in [0.15, 0.2) is 33.3 Å². The molecular formula is C10H13N5OS. The maximum absolute atomic E-state index is 11.5. The minimum Gasteiger partial charge on any atom is -0.397 e. The van der Waals surface area contributed by atoms with Crippen molar-refractivity contribution >= 4 is 17.4 Å². The summed E-state index contributed by atoms with van der Waals surface area (Å²) in [6, 6.07) is 1.80. The summed E-state index contributed by atoms with van der Waals surface area (Å²) >= 11 is 1.36. The molecule has 6 nitrogen and oxygen atoms in total. The van der Waals surface area contributed by atoms with Crippen LogP contribution in [-0.4, -0.2) is 19.7 Å². The number of rotatable bonds is 4. The molecule has 3 N–H and O–H groups in total. The SMILES string of the molecule is CCCn1c(Sc2ccncc2N)n[nH]c1=O. The summed E-state index contributed by atoms with van der Waals surface area (Å²) in [5.74, 6) is 0. The number of nitrogens with zero attached hydrogens (tertiary/aromatic N) is 3. The largest absolute Gasteiger partial charge is 0.397 e. The highest BCUT2D eigenvalue weighted by Gasteiger charge is 2.10. The number of H-pyrrole nitrogens is 1. The zero-order chi connectivity index (χ0) is 12.3. The first-order valence-electron chi connectivity index (χ1n) is 5.25. The maximum Gasteiger partial charge on any atom is 0.343 e. The fourth-order valence-corrected chi connectivity index (χ4v) is 2.26. The van der Waals surface area contributed by atoms with Crippen LogP contribution < -0.4 is 11.4 Å². The molecule has 0 aliphatic carbocycles. The van der Waals surface area contributed by atoms with Crippen LogP contribution >= 0.6 is 11.8 Å². The van der Waals surface area contributed by atoms with Gasteiger partial charge in [-0.3, -0.25) is 9.55 Å².